The average Bonchev–Trinajstić information content (AvgIpc) is 1.62. The summed E-state index contributed by atoms with van der Waals surface area (Å²) < 4.78 is 84.1. The van der Waals surface area contributed by atoms with Crippen LogP contribution < -0.4 is 10.6 Å². The van der Waals surface area contributed by atoms with Gasteiger partial charge >= 0.3 is 18.3 Å². The van der Waals surface area contributed by atoms with Gasteiger partial charge in [-0.1, -0.05) is 161 Å². The number of thioether (sulfide) groups is 2. The van der Waals surface area contributed by atoms with E-state index in [1.54, 1.807) is 86.3 Å². The zero-order valence-electron chi connectivity index (χ0n) is 65.1. The van der Waals surface area contributed by atoms with Crippen LogP contribution in [0.25, 0.3) is 21.5 Å². The fourth-order valence-corrected chi connectivity index (χ4v) is 16.8. The van der Waals surface area contributed by atoms with E-state index in [9.17, 15) is 31.1 Å². The van der Waals surface area contributed by atoms with Crippen molar-refractivity contribution in [2.75, 3.05) is 31.8 Å². The third-order valence-corrected chi connectivity index (χ3v) is 23.5. The lowest BCUT2D eigenvalue weighted by Crippen LogP contribution is -2.12. The van der Waals surface area contributed by atoms with E-state index in [0.717, 1.165) is 77.6 Å². The number of alkyl halides is 6. The van der Waals surface area contributed by atoms with Gasteiger partial charge in [0, 0.05) is 79.9 Å². The second-order valence-corrected chi connectivity index (χ2v) is 36.9. The average molecular weight is 1720 g/mol. The maximum atomic E-state index is 12.2. The third kappa shape index (κ3) is 36.5. The summed E-state index contributed by atoms with van der Waals surface area (Å²) in [6.45, 7) is 35.5. The van der Waals surface area contributed by atoms with Crippen LogP contribution in [0, 0.1) is 74.1 Å². The molecule has 1 saturated carbocycles. The summed E-state index contributed by atoms with van der Waals surface area (Å²) in [5.41, 5.74) is 10.1. The molecule has 14 rings (SSSR count). The van der Waals surface area contributed by atoms with Crippen molar-refractivity contribution in [3.05, 3.63) is 203 Å². The van der Waals surface area contributed by atoms with Gasteiger partial charge in [0.1, 0.15) is 14.4 Å². The van der Waals surface area contributed by atoms with Crippen LogP contribution in [0.1, 0.15) is 170 Å². The molecular weight excluding hydrogens is 1620 g/mol. The van der Waals surface area contributed by atoms with E-state index in [4.69, 9.17) is 39.1 Å². The third-order valence-electron chi connectivity index (χ3n) is 14.7. The Morgan fingerprint density at radius 1 is 0.718 bits per heavy atom. The zero-order valence-corrected chi connectivity index (χ0v) is 74.0. The Morgan fingerprint density at radius 3 is 1.78 bits per heavy atom. The number of aliphatic imine (C=N–C) groups is 1. The number of ether oxygens (including phenoxy) is 2. The number of thiazole rings is 6. The number of rotatable bonds is 10. The number of para-hydroxylation sites is 1. The quantitative estimate of drug-likeness (QED) is 0.0338. The number of halogens is 7. The number of carbonyl (C=O) groups excluding carboxylic acids is 1. The minimum atomic E-state index is -4.43. The molecule has 110 heavy (non-hydrogen) atoms. The highest BCUT2D eigenvalue weighted by Crippen LogP contribution is 2.46. The number of benzene rings is 3. The highest BCUT2D eigenvalue weighted by molar-refractivity contribution is 8.41. The SMILES string of the molecule is CC(=S)C(=NN)C1CC1.CCCOc1ncc(C(F)(F)F)cc1Cl.CCOC(=O)c1csc(C)n1.CN=C1SCCS1.Cc1cccc2c1C(C)CC2(C)C.Cc1cnc(C)s1.Cc1nc(-c2ccccc2)cs1.Cc1nc(CC(C)C)cs1.Cc1nc2ccccc2s1.Cc1nccs1.Cc1nnc(C(F)(F)F)s1. The number of fused-ring (bicyclic) bond motifs is 2. The lowest BCUT2D eigenvalue weighted by Gasteiger charge is -2.18. The number of hydrazone groups is 1. The Morgan fingerprint density at radius 2 is 1.36 bits per heavy atom. The maximum absolute atomic E-state index is 12.2. The second-order valence-electron chi connectivity index (χ2n) is 25.3. The number of carbonyl (C=O) groups is 1. The fourth-order valence-electron chi connectivity index (χ4n) is 9.91. The van der Waals surface area contributed by atoms with Crippen molar-refractivity contribution in [2.24, 2.45) is 27.8 Å². The van der Waals surface area contributed by atoms with Gasteiger partial charge in [-0.05, 0) is 160 Å². The van der Waals surface area contributed by atoms with Gasteiger partial charge in [0.15, 0.2) is 5.69 Å². The van der Waals surface area contributed by atoms with Crippen LogP contribution in [0.3, 0.4) is 0 Å². The van der Waals surface area contributed by atoms with Crippen LogP contribution in [0.5, 0.6) is 5.88 Å². The molecule has 1 atom stereocenters. The first kappa shape index (κ1) is 95.9. The van der Waals surface area contributed by atoms with Gasteiger partial charge in [-0.15, -0.1) is 78.2 Å². The van der Waals surface area contributed by atoms with Gasteiger partial charge in [-0.3, -0.25) is 9.98 Å². The van der Waals surface area contributed by atoms with Crippen LogP contribution in [-0.2, 0) is 28.9 Å². The number of nitrogens with two attached hydrogens (primary N) is 1. The summed E-state index contributed by atoms with van der Waals surface area (Å²) in [6.07, 6.45) is 1.20. The van der Waals surface area contributed by atoms with E-state index in [1.807, 2.05) is 127 Å². The molecule has 1 aliphatic heterocycles. The van der Waals surface area contributed by atoms with Crippen LogP contribution in [0.15, 0.2) is 129 Å². The van der Waals surface area contributed by atoms with E-state index in [0.29, 0.717) is 52.8 Å². The van der Waals surface area contributed by atoms with E-state index in [2.05, 4.69) is 158 Å². The van der Waals surface area contributed by atoms with E-state index < -0.39 is 22.9 Å². The Bertz CT molecular complexity index is 4490. The maximum Gasteiger partial charge on any atom is 0.445 e. The molecule has 596 valence electrons. The Balaban J connectivity index is 0.000000257. The first-order chi connectivity index (χ1) is 52.0. The molecule has 32 heteroatoms. The van der Waals surface area contributed by atoms with E-state index >= 15 is 0 Å². The Labute approximate surface area is 690 Å². The van der Waals surface area contributed by atoms with Gasteiger partial charge in [-0.25, -0.2) is 34.7 Å². The van der Waals surface area contributed by atoms with Gasteiger partial charge in [0.2, 0.25) is 10.9 Å². The normalized spacial score (nSPS) is 13.6. The molecule has 9 heterocycles. The van der Waals surface area contributed by atoms with Gasteiger partial charge < -0.3 is 15.3 Å². The van der Waals surface area contributed by atoms with Crippen LogP contribution in [-0.4, -0.2) is 97.8 Å². The highest BCUT2D eigenvalue weighted by atomic mass is 35.5. The summed E-state index contributed by atoms with van der Waals surface area (Å²) in [7, 11) is 1.85. The predicted octanol–water partition coefficient (Wildman–Crippen LogP) is 25.0. The number of aryl methyl sites for hydroxylation is 9. The minimum absolute atomic E-state index is 0.0338. The molecule has 0 bridgehead atoms. The van der Waals surface area contributed by atoms with Crippen molar-refractivity contribution in [3.8, 4) is 17.1 Å². The number of thiocarbonyl (C=S) groups is 1. The standard InChI is InChI=1S/C13H18.C10H9NS.C9H9ClF3NO.C8H7NS.C8H13NS.C7H9NO2S.C6H10N2S.C5H7NS.C4H3F3N2S.C4H7NS2.C4H5NS/c1-9-6-5-7-11-12(9)10(2)8-13(11,3)4;1-8-11-10(7-12-8)9-5-3-2-4-6-9;1-2-3-15-8-7(10)4-6(5-14-8)9(11,12)13;1-6-9-7-4-2-3-5-8(7)10-6;1-6(2)4-8-5-10-7(3)9-8;1-3-10-7(9)6-4-11-5(2)8-6;1-4(9)6(8-7)5-2-3-5;1-4-3-6-5(2)7-4;1-2-8-9-3(10-2)4(5,6)7;1-5-4-6-2-3-7-4;1-4-5-2-3-6-4/h5-7,10H,8H2,1-4H3;2-7H,1H3;4-5H,2-3H2,1H3;2-5H,1H3;5-6H,4H2,1-3H3;4H,3H2,1-2H3;5H,2-3,7H2,1H3;3H,1-2H3;1H3;2-3H2,1H3;2-3H,1H3. The molecule has 15 nitrogen and oxygen atoms in total. The highest BCUT2D eigenvalue weighted by Gasteiger charge is 2.36. The molecule has 0 amide bonds. The van der Waals surface area contributed by atoms with Crippen LogP contribution >= 0.6 is 127 Å². The van der Waals surface area contributed by atoms with Gasteiger partial charge in [0.05, 0.1) is 76.1 Å². The van der Waals surface area contributed by atoms with Crippen molar-refractivity contribution in [3.63, 3.8) is 0 Å². The largest absolute Gasteiger partial charge is 0.477 e. The first-order valence-corrected chi connectivity index (χ1v) is 43.6. The Kier molecular flexibility index (Phi) is 42.9. The van der Waals surface area contributed by atoms with Gasteiger partial charge in [0.25, 0.3) is 0 Å². The summed E-state index contributed by atoms with van der Waals surface area (Å²) in [6, 6.07) is 26.0. The number of pyridine rings is 1. The molecule has 1 unspecified atom stereocenters. The molecule has 0 spiro atoms. The van der Waals surface area contributed by atoms with Crippen molar-refractivity contribution in [1.29, 1.82) is 0 Å². The van der Waals surface area contributed by atoms with Gasteiger partial charge in [-0.2, -0.15) is 31.4 Å². The Hall–Kier alpha value is -6.52. The lowest BCUT2D eigenvalue weighted by atomic mass is 9.86. The number of aromatic nitrogens is 9. The molecular formula is C78H97ClF6N12O3S10. The number of hydrogen-bond acceptors (Lipinski definition) is 25. The fraction of sp³-hybridized carbons (Fsp3) is 0.423. The van der Waals surface area contributed by atoms with Crippen molar-refractivity contribution in [2.45, 2.75) is 173 Å². The monoisotopic (exact) mass is 1720 g/mol. The predicted molar refractivity (Wildman–Crippen MR) is 461 cm³/mol. The molecule has 8 aromatic heterocycles. The smallest absolute Gasteiger partial charge is 0.445 e. The van der Waals surface area contributed by atoms with Crippen LogP contribution in [0.2, 0.25) is 5.02 Å². The van der Waals surface area contributed by atoms with E-state index in [-0.39, 0.29) is 16.9 Å². The molecule has 11 aromatic rings. The molecule has 1 saturated heterocycles. The van der Waals surface area contributed by atoms with Crippen molar-refractivity contribution < 1.29 is 40.6 Å². The summed E-state index contributed by atoms with van der Waals surface area (Å²) in [5, 5.41) is 23.6. The second kappa shape index (κ2) is 49.2. The minimum Gasteiger partial charge on any atom is -0.477 e. The lowest BCUT2D eigenvalue weighted by molar-refractivity contribution is -0.138. The summed E-state index contributed by atoms with van der Waals surface area (Å²) in [5.74, 6) is 9.36. The number of esters is 1. The number of nitrogens with zero attached hydrogens (tertiary/aromatic N) is 11. The number of hydrogen-bond donors (Lipinski definition) is 1. The molecule has 2 aliphatic carbocycles. The molecule has 2 N–H and O–H groups in total. The molecule has 2 fully saturated rings. The zero-order chi connectivity index (χ0) is 81.7. The molecule has 0 radical (unpaired) electrons. The van der Waals surface area contributed by atoms with Crippen LogP contribution in [0.4, 0.5) is 26.3 Å². The molecule has 3 aromatic carbocycles. The van der Waals surface area contributed by atoms with Crippen molar-refractivity contribution >= 4 is 158 Å². The molecule has 3 aliphatic rings. The summed E-state index contributed by atoms with van der Waals surface area (Å²) in [4.78, 5) is 45.7. The summed E-state index contributed by atoms with van der Waals surface area (Å²) >= 11 is 24.8. The first-order valence-electron chi connectivity index (χ1n) is 34.9. The van der Waals surface area contributed by atoms with Crippen molar-refractivity contribution in [1.82, 2.24) is 45.1 Å². The topological polar surface area (TPSA) is 202 Å². The van der Waals surface area contributed by atoms with E-state index in [1.165, 1.54) is 84.8 Å².